The summed E-state index contributed by atoms with van der Waals surface area (Å²) in [6.45, 7) is 4.19. The topological polar surface area (TPSA) is 9.23 Å². The molecule has 1 heteroatoms. The SMILES string of the molecule is COC(C)/C=C/C1=CC(C)=CCC1. The monoisotopic (exact) mass is 178 g/mol. The summed E-state index contributed by atoms with van der Waals surface area (Å²) in [5.41, 5.74) is 2.78. The molecule has 1 atom stereocenters. The summed E-state index contributed by atoms with van der Waals surface area (Å²) in [6, 6.07) is 0. The van der Waals surface area contributed by atoms with Gasteiger partial charge in [0, 0.05) is 7.11 Å². The maximum absolute atomic E-state index is 5.14. The Morgan fingerprint density at radius 1 is 1.54 bits per heavy atom. The highest BCUT2D eigenvalue weighted by Gasteiger charge is 1.99. The molecule has 1 unspecified atom stereocenters. The summed E-state index contributed by atoms with van der Waals surface area (Å²) >= 11 is 0. The zero-order valence-electron chi connectivity index (χ0n) is 8.71. The van der Waals surface area contributed by atoms with Crippen LogP contribution in [-0.2, 0) is 4.74 Å². The van der Waals surface area contributed by atoms with E-state index in [0.717, 1.165) is 6.42 Å². The highest BCUT2D eigenvalue weighted by atomic mass is 16.5. The van der Waals surface area contributed by atoms with Crippen molar-refractivity contribution in [2.24, 2.45) is 0 Å². The van der Waals surface area contributed by atoms with Crippen molar-refractivity contribution in [2.75, 3.05) is 7.11 Å². The van der Waals surface area contributed by atoms with E-state index in [1.54, 1.807) is 7.11 Å². The van der Waals surface area contributed by atoms with Crippen LogP contribution in [0, 0.1) is 0 Å². The van der Waals surface area contributed by atoms with E-state index in [0.29, 0.717) is 0 Å². The van der Waals surface area contributed by atoms with Crippen molar-refractivity contribution in [3.63, 3.8) is 0 Å². The van der Waals surface area contributed by atoms with Crippen LogP contribution in [0.15, 0.2) is 35.5 Å². The minimum Gasteiger partial charge on any atom is -0.378 e. The summed E-state index contributed by atoms with van der Waals surface area (Å²) < 4.78 is 5.14. The summed E-state index contributed by atoms with van der Waals surface area (Å²) in [5.74, 6) is 0. The smallest absolute Gasteiger partial charge is 0.0727 e. The average Bonchev–Trinajstić information content (AvgIpc) is 2.14. The van der Waals surface area contributed by atoms with Crippen LogP contribution in [-0.4, -0.2) is 13.2 Å². The van der Waals surface area contributed by atoms with E-state index in [1.807, 2.05) is 6.92 Å². The zero-order chi connectivity index (χ0) is 9.68. The highest BCUT2D eigenvalue weighted by Crippen LogP contribution is 2.17. The lowest BCUT2D eigenvalue weighted by Gasteiger charge is -2.08. The minimum absolute atomic E-state index is 0.215. The summed E-state index contributed by atoms with van der Waals surface area (Å²) in [7, 11) is 1.73. The third-order valence-electron chi connectivity index (χ3n) is 2.27. The normalized spacial score (nSPS) is 19.9. The number of allylic oxidation sites excluding steroid dienone is 5. The molecule has 0 aliphatic heterocycles. The fourth-order valence-electron chi connectivity index (χ4n) is 1.36. The Labute approximate surface area is 80.8 Å². The first kappa shape index (κ1) is 10.3. The van der Waals surface area contributed by atoms with Gasteiger partial charge in [0.25, 0.3) is 0 Å². The lowest BCUT2D eigenvalue weighted by molar-refractivity contribution is 0.156. The first-order valence-corrected chi connectivity index (χ1v) is 4.80. The van der Waals surface area contributed by atoms with Gasteiger partial charge in [0.2, 0.25) is 0 Å². The van der Waals surface area contributed by atoms with Gasteiger partial charge in [0.15, 0.2) is 0 Å². The Bertz CT molecular complexity index is 246. The largest absolute Gasteiger partial charge is 0.378 e. The molecule has 1 aliphatic carbocycles. The Balaban J connectivity index is 2.54. The second-order valence-electron chi connectivity index (χ2n) is 3.51. The molecule has 0 heterocycles. The van der Waals surface area contributed by atoms with Crippen molar-refractivity contribution >= 4 is 0 Å². The van der Waals surface area contributed by atoms with Crippen LogP contribution in [0.2, 0.25) is 0 Å². The average molecular weight is 178 g/mol. The predicted octanol–water partition coefficient (Wildman–Crippen LogP) is 3.24. The fraction of sp³-hybridized carbons (Fsp3) is 0.500. The molecule has 0 saturated heterocycles. The van der Waals surface area contributed by atoms with Gasteiger partial charge >= 0.3 is 0 Å². The Morgan fingerprint density at radius 2 is 2.31 bits per heavy atom. The lowest BCUT2D eigenvalue weighted by atomic mass is 10.00. The van der Waals surface area contributed by atoms with E-state index in [9.17, 15) is 0 Å². The van der Waals surface area contributed by atoms with Crippen molar-refractivity contribution < 1.29 is 4.74 Å². The van der Waals surface area contributed by atoms with Crippen LogP contribution in [0.1, 0.15) is 26.7 Å². The molecule has 1 aliphatic rings. The van der Waals surface area contributed by atoms with Crippen molar-refractivity contribution in [1.29, 1.82) is 0 Å². The second kappa shape index (κ2) is 5.03. The second-order valence-corrected chi connectivity index (χ2v) is 3.51. The van der Waals surface area contributed by atoms with E-state index in [4.69, 9.17) is 4.74 Å². The third-order valence-corrected chi connectivity index (χ3v) is 2.27. The third kappa shape index (κ3) is 3.60. The zero-order valence-corrected chi connectivity index (χ0v) is 8.71. The maximum Gasteiger partial charge on any atom is 0.0727 e. The van der Waals surface area contributed by atoms with E-state index in [-0.39, 0.29) is 6.10 Å². The van der Waals surface area contributed by atoms with E-state index >= 15 is 0 Å². The molecule has 0 bridgehead atoms. The Kier molecular flexibility index (Phi) is 3.97. The Morgan fingerprint density at radius 3 is 2.92 bits per heavy atom. The molecule has 0 spiro atoms. The lowest BCUT2D eigenvalue weighted by Crippen LogP contribution is -1.99. The van der Waals surface area contributed by atoms with Gasteiger partial charge in [-0.1, -0.05) is 29.9 Å². The van der Waals surface area contributed by atoms with Crippen LogP contribution in [0.25, 0.3) is 0 Å². The van der Waals surface area contributed by atoms with Crippen LogP contribution < -0.4 is 0 Å². The van der Waals surface area contributed by atoms with Gasteiger partial charge in [-0.3, -0.25) is 0 Å². The fourth-order valence-corrected chi connectivity index (χ4v) is 1.36. The molecule has 0 aromatic heterocycles. The molecule has 72 valence electrons. The molecule has 1 rings (SSSR count). The van der Waals surface area contributed by atoms with Crippen molar-refractivity contribution in [1.82, 2.24) is 0 Å². The molecule has 0 radical (unpaired) electrons. The number of hydrogen-bond acceptors (Lipinski definition) is 1. The molecule has 0 aromatic rings. The van der Waals surface area contributed by atoms with Crippen molar-refractivity contribution in [3.8, 4) is 0 Å². The summed E-state index contributed by atoms with van der Waals surface area (Å²) in [5, 5.41) is 0. The van der Waals surface area contributed by atoms with Gasteiger partial charge < -0.3 is 4.74 Å². The van der Waals surface area contributed by atoms with Crippen LogP contribution in [0.5, 0.6) is 0 Å². The maximum atomic E-state index is 5.14. The van der Waals surface area contributed by atoms with Gasteiger partial charge in [-0.2, -0.15) is 0 Å². The summed E-state index contributed by atoms with van der Waals surface area (Å²) in [4.78, 5) is 0. The molecule has 0 saturated carbocycles. The van der Waals surface area contributed by atoms with Crippen LogP contribution in [0.3, 0.4) is 0 Å². The molecule has 0 amide bonds. The van der Waals surface area contributed by atoms with Gasteiger partial charge in [-0.05, 0) is 32.3 Å². The standard InChI is InChI=1S/C12H18O/c1-10-5-4-6-12(9-10)8-7-11(2)13-3/h5,7-9,11H,4,6H2,1-3H3/b8-7+. The minimum atomic E-state index is 0.215. The van der Waals surface area contributed by atoms with Gasteiger partial charge in [0.05, 0.1) is 6.10 Å². The molecular formula is C12H18O. The van der Waals surface area contributed by atoms with E-state index < -0.39 is 0 Å². The van der Waals surface area contributed by atoms with Crippen molar-refractivity contribution in [3.05, 3.63) is 35.5 Å². The number of methoxy groups -OCH3 is 1. The quantitative estimate of drug-likeness (QED) is 0.644. The first-order valence-electron chi connectivity index (χ1n) is 4.80. The van der Waals surface area contributed by atoms with Gasteiger partial charge in [-0.15, -0.1) is 0 Å². The molecule has 13 heavy (non-hydrogen) atoms. The van der Waals surface area contributed by atoms with E-state index in [2.05, 4.69) is 31.2 Å². The Hall–Kier alpha value is -0.820. The number of ether oxygens (including phenoxy) is 1. The predicted molar refractivity (Wildman–Crippen MR) is 56.7 cm³/mol. The molecular weight excluding hydrogens is 160 g/mol. The summed E-state index contributed by atoms with van der Waals surface area (Å²) in [6.07, 6.45) is 11.3. The molecule has 0 N–H and O–H groups in total. The highest BCUT2D eigenvalue weighted by molar-refractivity contribution is 5.32. The van der Waals surface area contributed by atoms with Crippen molar-refractivity contribution in [2.45, 2.75) is 32.8 Å². The number of rotatable bonds is 3. The van der Waals surface area contributed by atoms with Gasteiger partial charge in [0.1, 0.15) is 0 Å². The van der Waals surface area contributed by atoms with E-state index in [1.165, 1.54) is 17.6 Å². The number of hydrogen-bond donors (Lipinski definition) is 0. The molecule has 0 aromatic carbocycles. The van der Waals surface area contributed by atoms with Crippen LogP contribution >= 0.6 is 0 Å². The molecule has 0 fully saturated rings. The van der Waals surface area contributed by atoms with Crippen LogP contribution in [0.4, 0.5) is 0 Å². The van der Waals surface area contributed by atoms with Gasteiger partial charge in [-0.25, -0.2) is 0 Å². The first-order chi connectivity index (χ1) is 6.22. The molecule has 1 nitrogen and oxygen atoms in total.